The number of carbonyl (C=O) groups is 1. The predicted octanol–water partition coefficient (Wildman–Crippen LogP) is 1.82. The average Bonchev–Trinajstić information content (AvgIpc) is 2.88. The Morgan fingerprint density at radius 1 is 1.39 bits per heavy atom. The maximum atomic E-state index is 11.7. The molecule has 0 aliphatic carbocycles. The zero-order chi connectivity index (χ0) is 16.5. The fourth-order valence-corrected chi connectivity index (χ4v) is 1.99. The van der Waals surface area contributed by atoms with Crippen molar-refractivity contribution in [2.45, 2.75) is 26.7 Å². The highest BCUT2D eigenvalue weighted by Gasteiger charge is 2.10. The van der Waals surface area contributed by atoms with E-state index in [0.717, 1.165) is 17.0 Å². The Labute approximate surface area is 135 Å². The third-order valence-electron chi connectivity index (χ3n) is 3.23. The molecule has 0 saturated carbocycles. The van der Waals surface area contributed by atoms with Crippen molar-refractivity contribution in [3.05, 3.63) is 41.5 Å². The molecule has 0 aliphatic heterocycles. The molecule has 0 aromatic carbocycles. The van der Waals surface area contributed by atoms with Crippen LogP contribution in [-0.4, -0.2) is 29.2 Å². The number of pyridine rings is 1. The summed E-state index contributed by atoms with van der Waals surface area (Å²) >= 11 is 0. The maximum Gasteiger partial charge on any atom is 0.221 e. The Balaban J connectivity index is 1.63. The van der Waals surface area contributed by atoms with Crippen LogP contribution in [0.15, 0.2) is 29.0 Å². The number of ether oxygens (including phenoxy) is 1. The summed E-state index contributed by atoms with van der Waals surface area (Å²) in [7, 11) is 0. The topological polar surface area (TPSA) is 77.2 Å². The Kier molecular flexibility index (Phi) is 6.18. The highest BCUT2D eigenvalue weighted by molar-refractivity contribution is 5.76. The van der Waals surface area contributed by atoms with Crippen molar-refractivity contribution in [1.29, 1.82) is 0 Å². The van der Waals surface area contributed by atoms with Crippen molar-refractivity contribution >= 4 is 5.91 Å². The van der Waals surface area contributed by atoms with E-state index in [0.29, 0.717) is 25.1 Å². The van der Waals surface area contributed by atoms with Crippen LogP contribution in [0.2, 0.25) is 0 Å². The molecular weight excluding hydrogens is 294 g/mol. The van der Waals surface area contributed by atoms with E-state index in [1.807, 2.05) is 19.9 Å². The Morgan fingerprint density at radius 3 is 2.96 bits per heavy atom. The van der Waals surface area contributed by atoms with Gasteiger partial charge in [0.25, 0.3) is 0 Å². The lowest BCUT2D eigenvalue weighted by atomic mass is 10.1. The molecule has 6 heteroatoms. The van der Waals surface area contributed by atoms with E-state index in [4.69, 9.17) is 9.26 Å². The minimum absolute atomic E-state index is 0.0486. The molecule has 23 heavy (non-hydrogen) atoms. The molecule has 2 aromatic heterocycles. The van der Waals surface area contributed by atoms with Gasteiger partial charge in [-0.3, -0.25) is 9.78 Å². The van der Waals surface area contributed by atoms with E-state index in [1.165, 1.54) is 0 Å². The lowest BCUT2D eigenvalue weighted by molar-refractivity contribution is -0.120. The SMILES string of the molecule is Cc1noc(C)c1CCC(=O)NCC#CCOc1cccnc1. The van der Waals surface area contributed by atoms with E-state index < -0.39 is 0 Å². The summed E-state index contributed by atoms with van der Waals surface area (Å²) in [6.45, 7) is 4.29. The molecule has 0 fully saturated rings. The monoisotopic (exact) mass is 313 g/mol. The van der Waals surface area contributed by atoms with E-state index in [2.05, 4.69) is 27.3 Å². The molecule has 0 aliphatic rings. The van der Waals surface area contributed by atoms with Gasteiger partial charge in [-0.25, -0.2) is 0 Å². The van der Waals surface area contributed by atoms with Crippen molar-refractivity contribution in [2.24, 2.45) is 0 Å². The molecule has 6 nitrogen and oxygen atoms in total. The number of aryl methyl sites for hydroxylation is 2. The van der Waals surface area contributed by atoms with Gasteiger partial charge in [-0.15, -0.1) is 0 Å². The Hall–Kier alpha value is -2.81. The number of aromatic nitrogens is 2. The molecule has 0 spiro atoms. The number of nitrogens with zero attached hydrogens (tertiary/aromatic N) is 2. The lowest BCUT2D eigenvalue weighted by Crippen LogP contribution is -2.24. The number of hydrogen-bond donors (Lipinski definition) is 1. The van der Waals surface area contributed by atoms with Gasteiger partial charge in [0, 0.05) is 18.2 Å². The van der Waals surface area contributed by atoms with E-state index in [9.17, 15) is 4.79 Å². The minimum Gasteiger partial charge on any atom is -0.479 e. The molecule has 120 valence electrons. The first-order valence-electron chi connectivity index (χ1n) is 7.34. The third kappa shape index (κ3) is 5.47. The van der Waals surface area contributed by atoms with Gasteiger partial charge in [0.2, 0.25) is 5.91 Å². The summed E-state index contributed by atoms with van der Waals surface area (Å²) < 4.78 is 10.4. The van der Waals surface area contributed by atoms with Gasteiger partial charge in [-0.1, -0.05) is 17.0 Å². The van der Waals surface area contributed by atoms with Crippen LogP contribution < -0.4 is 10.1 Å². The molecule has 0 unspecified atom stereocenters. The number of carbonyl (C=O) groups excluding carboxylic acids is 1. The zero-order valence-corrected chi connectivity index (χ0v) is 13.3. The van der Waals surface area contributed by atoms with Crippen LogP contribution in [0.3, 0.4) is 0 Å². The van der Waals surface area contributed by atoms with Gasteiger partial charge >= 0.3 is 0 Å². The molecule has 0 saturated heterocycles. The largest absolute Gasteiger partial charge is 0.479 e. The first-order valence-corrected chi connectivity index (χ1v) is 7.34. The van der Waals surface area contributed by atoms with Gasteiger partial charge < -0.3 is 14.6 Å². The summed E-state index contributed by atoms with van der Waals surface area (Å²) in [5.41, 5.74) is 1.83. The molecular formula is C17H19N3O3. The van der Waals surface area contributed by atoms with Crippen LogP contribution in [0.25, 0.3) is 0 Å². The predicted molar refractivity (Wildman–Crippen MR) is 84.8 cm³/mol. The Bertz CT molecular complexity index is 679. The first kappa shape index (κ1) is 16.6. The highest BCUT2D eigenvalue weighted by atomic mass is 16.5. The highest BCUT2D eigenvalue weighted by Crippen LogP contribution is 2.13. The van der Waals surface area contributed by atoms with Crippen molar-refractivity contribution in [3.8, 4) is 17.6 Å². The standard InChI is InChI=1S/C17H19N3O3/c1-13-16(14(2)23-20-13)7-8-17(21)19-10-3-4-11-22-15-6-5-9-18-12-15/h5-6,9,12H,7-8,10-11H2,1-2H3,(H,19,21). The zero-order valence-electron chi connectivity index (χ0n) is 13.3. The van der Waals surface area contributed by atoms with E-state index >= 15 is 0 Å². The molecule has 2 heterocycles. The third-order valence-corrected chi connectivity index (χ3v) is 3.23. The summed E-state index contributed by atoms with van der Waals surface area (Å²) in [5, 5.41) is 6.62. The summed E-state index contributed by atoms with van der Waals surface area (Å²) in [4.78, 5) is 15.7. The van der Waals surface area contributed by atoms with Crippen LogP contribution >= 0.6 is 0 Å². The smallest absolute Gasteiger partial charge is 0.221 e. The fraction of sp³-hybridized carbons (Fsp3) is 0.353. The van der Waals surface area contributed by atoms with Crippen molar-refractivity contribution in [3.63, 3.8) is 0 Å². The quantitative estimate of drug-likeness (QED) is 0.823. The van der Waals surface area contributed by atoms with Gasteiger partial charge in [0.05, 0.1) is 18.4 Å². The number of nitrogens with one attached hydrogen (secondary N) is 1. The fourth-order valence-electron chi connectivity index (χ4n) is 1.99. The molecule has 1 N–H and O–H groups in total. The summed E-state index contributed by atoms with van der Waals surface area (Å²) in [5.74, 6) is 7.07. The van der Waals surface area contributed by atoms with Crippen LogP contribution in [0, 0.1) is 25.7 Å². The molecule has 0 bridgehead atoms. The average molecular weight is 313 g/mol. The van der Waals surface area contributed by atoms with Gasteiger partial charge in [-0.2, -0.15) is 0 Å². The van der Waals surface area contributed by atoms with Gasteiger partial charge in [0.15, 0.2) is 0 Å². The minimum atomic E-state index is -0.0486. The number of rotatable bonds is 6. The number of amides is 1. The summed E-state index contributed by atoms with van der Waals surface area (Å²) in [6, 6.07) is 3.60. The van der Waals surface area contributed by atoms with Gasteiger partial charge in [-0.05, 0) is 32.4 Å². The second-order valence-electron chi connectivity index (χ2n) is 4.91. The van der Waals surface area contributed by atoms with E-state index in [-0.39, 0.29) is 12.5 Å². The van der Waals surface area contributed by atoms with Crippen LogP contribution in [0.5, 0.6) is 5.75 Å². The number of hydrogen-bond acceptors (Lipinski definition) is 5. The molecule has 0 radical (unpaired) electrons. The van der Waals surface area contributed by atoms with Crippen LogP contribution in [0.4, 0.5) is 0 Å². The molecule has 2 aromatic rings. The first-order chi connectivity index (χ1) is 11.2. The van der Waals surface area contributed by atoms with Crippen LogP contribution in [0.1, 0.15) is 23.4 Å². The normalized spacial score (nSPS) is 9.83. The lowest BCUT2D eigenvalue weighted by Gasteiger charge is -2.01. The second-order valence-corrected chi connectivity index (χ2v) is 4.91. The molecule has 2 rings (SSSR count). The van der Waals surface area contributed by atoms with Crippen molar-refractivity contribution < 1.29 is 14.1 Å². The van der Waals surface area contributed by atoms with Gasteiger partial charge in [0.1, 0.15) is 18.1 Å². The van der Waals surface area contributed by atoms with Crippen molar-refractivity contribution in [2.75, 3.05) is 13.2 Å². The second kappa shape index (κ2) is 8.59. The van der Waals surface area contributed by atoms with Crippen molar-refractivity contribution in [1.82, 2.24) is 15.5 Å². The molecule has 1 amide bonds. The Morgan fingerprint density at radius 2 is 2.26 bits per heavy atom. The van der Waals surface area contributed by atoms with Crippen LogP contribution in [-0.2, 0) is 11.2 Å². The van der Waals surface area contributed by atoms with E-state index in [1.54, 1.807) is 18.5 Å². The summed E-state index contributed by atoms with van der Waals surface area (Å²) in [6.07, 6.45) is 4.30. The molecule has 0 atom stereocenters. The maximum absolute atomic E-state index is 11.7.